The van der Waals surface area contributed by atoms with Gasteiger partial charge in [0.25, 0.3) is 0 Å². The highest BCUT2D eigenvalue weighted by atomic mass is 16.7. The molecule has 0 aromatic rings. The monoisotopic (exact) mass is 397 g/mol. The third-order valence-electron chi connectivity index (χ3n) is 4.99. The molecule has 0 bridgehead atoms. The molecule has 2 fully saturated rings. The highest BCUT2D eigenvalue weighted by Gasteiger charge is 2.62. The second-order valence-corrected chi connectivity index (χ2v) is 6.78. The zero-order valence-corrected chi connectivity index (χ0v) is 14.9. The quantitative estimate of drug-likeness (QED) is 0.220. The Hall–Kier alpha value is -0.930. The first-order chi connectivity index (χ1) is 12.6. The van der Waals surface area contributed by atoms with Crippen molar-refractivity contribution in [2.75, 3.05) is 20.3 Å². The molecule has 1 unspecified atom stereocenters. The average Bonchev–Trinajstić information content (AvgIpc) is 2.63. The number of aliphatic hydroxyl groups excluding tert-OH is 6. The molecule has 0 aromatic carbocycles. The van der Waals surface area contributed by atoms with Crippen molar-refractivity contribution < 1.29 is 54.8 Å². The molecule has 12 nitrogen and oxygen atoms in total. The van der Waals surface area contributed by atoms with Crippen LogP contribution < -0.4 is 5.32 Å². The molecule has 12 heteroatoms. The fourth-order valence-electron chi connectivity index (χ4n) is 3.45. The normalized spacial score (nSPS) is 46.7. The van der Waals surface area contributed by atoms with Crippen LogP contribution in [0.4, 0.5) is 0 Å². The lowest BCUT2D eigenvalue weighted by Gasteiger charge is -2.52. The molecule has 0 radical (unpaired) electrons. The van der Waals surface area contributed by atoms with E-state index >= 15 is 0 Å². The van der Waals surface area contributed by atoms with Gasteiger partial charge in [-0.05, 0) is 0 Å². The molecule has 2 heterocycles. The van der Waals surface area contributed by atoms with E-state index in [1.54, 1.807) is 0 Å². The van der Waals surface area contributed by atoms with Gasteiger partial charge in [-0.3, -0.25) is 4.79 Å². The Balaban J connectivity index is 2.24. The van der Waals surface area contributed by atoms with Gasteiger partial charge in [0.05, 0.1) is 19.3 Å². The van der Waals surface area contributed by atoms with Gasteiger partial charge in [0.1, 0.15) is 42.7 Å². The number of ether oxygens (including phenoxy) is 3. The van der Waals surface area contributed by atoms with Crippen molar-refractivity contribution in [3.8, 4) is 0 Å². The number of hydrogen-bond acceptors (Lipinski definition) is 11. The molecule has 2 aliphatic rings. The molecule has 2 rings (SSSR count). The van der Waals surface area contributed by atoms with Crippen molar-refractivity contribution in [1.82, 2.24) is 5.32 Å². The van der Waals surface area contributed by atoms with E-state index in [9.17, 15) is 40.5 Å². The van der Waals surface area contributed by atoms with E-state index in [4.69, 9.17) is 14.2 Å². The maximum absolute atomic E-state index is 11.1. The first-order valence-corrected chi connectivity index (χ1v) is 8.40. The van der Waals surface area contributed by atoms with E-state index in [0.29, 0.717) is 0 Å². The second-order valence-electron chi connectivity index (χ2n) is 6.78. The van der Waals surface area contributed by atoms with E-state index < -0.39 is 73.2 Å². The van der Waals surface area contributed by atoms with Crippen molar-refractivity contribution in [3.63, 3.8) is 0 Å². The number of carbonyl (C=O) groups excluding carboxylic acids is 1. The van der Waals surface area contributed by atoms with Crippen molar-refractivity contribution in [3.05, 3.63) is 0 Å². The molecule has 0 spiro atoms. The Kier molecular flexibility index (Phi) is 7.13. The lowest BCUT2D eigenvalue weighted by molar-refractivity contribution is -0.367. The lowest BCUT2D eigenvalue weighted by atomic mass is 9.77. The predicted molar refractivity (Wildman–Crippen MR) is 85.1 cm³/mol. The summed E-state index contributed by atoms with van der Waals surface area (Å²) in [4.78, 5) is 11.1. The highest BCUT2D eigenvalue weighted by Crippen LogP contribution is 2.36. The summed E-state index contributed by atoms with van der Waals surface area (Å²) < 4.78 is 15.4. The topological polar surface area (TPSA) is 198 Å². The van der Waals surface area contributed by atoms with Gasteiger partial charge in [-0.2, -0.15) is 0 Å². The van der Waals surface area contributed by atoms with Crippen LogP contribution in [0.15, 0.2) is 0 Å². The fourth-order valence-corrected chi connectivity index (χ4v) is 3.45. The lowest BCUT2D eigenvalue weighted by Crippen LogP contribution is -2.75. The van der Waals surface area contributed by atoms with E-state index in [-0.39, 0.29) is 6.61 Å². The van der Waals surface area contributed by atoms with E-state index in [1.807, 2.05) is 0 Å². The minimum Gasteiger partial charge on any atom is -0.394 e. The Labute approximate surface area is 154 Å². The molecule has 8 N–H and O–H groups in total. The van der Waals surface area contributed by atoms with Crippen LogP contribution >= 0.6 is 0 Å². The molecule has 0 aromatic heterocycles. The molecule has 27 heavy (non-hydrogen) atoms. The number of methoxy groups -OCH3 is 1. The summed E-state index contributed by atoms with van der Waals surface area (Å²) in [6, 6.07) is -0.953. The molecule has 0 saturated carbocycles. The number of hydrogen-bond donors (Lipinski definition) is 8. The average molecular weight is 397 g/mol. The smallest absolute Gasteiger partial charge is 0.217 e. The molecular weight excluding hydrogens is 370 g/mol. The van der Waals surface area contributed by atoms with Crippen molar-refractivity contribution in [1.29, 1.82) is 0 Å². The standard InChI is InChI=1S/C15H27NO11/c1-5(18)16-6-4-26-11(10(21)8(6)19)13(23)15(24)12(22)9(20)7(3-17)27-14(15)25-2/h6-14,17,19-24H,3-4H2,1-2H3,(H,16,18)/t6-,7-,8-,9-,10+,11+,12+,13?,14+,15+/m1/s1. The number of nitrogens with one attached hydrogen (secondary N) is 1. The molecule has 2 saturated heterocycles. The van der Waals surface area contributed by atoms with Crippen molar-refractivity contribution in [2.45, 2.75) is 67.6 Å². The zero-order chi connectivity index (χ0) is 20.5. The van der Waals surface area contributed by atoms with Gasteiger partial charge in [0.2, 0.25) is 5.91 Å². The minimum atomic E-state index is -2.66. The number of carbonyl (C=O) groups is 1. The van der Waals surface area contributed by atoms with Gasteiger partial charge in [-0.25, -0.2) is 0 Å². The molecule has 2 aliphatic heterocycles. The Morgan fingerprint density at radius 3 is 2.41 bits per heavy atom. The third kappa shape index (κ3) is 3.96. The van der Waals surface area contributed by atoms with E-state index in [0.717, 1.165) is 7.11 Å². The van der Waals surface area contributed by atoms with Gasteiger partial charge in [-0.1, -0.05) is 0 Å². The van der Waals surface area contributed by atoms with Gasteiger partial charge in [0, 0.05) is 14.0 Å². The Morgan fingerprint density at radius 1 is 1.26 bits per heavy atom. The van der Waals surface area contributed by atoms with Crippen LogP contribution in [0.25, 0.3) is 0 Å². The summed E-state index contributed by atoms with van der Waals surface area (Å²) in [7, 11) is 1.10. The van der Waals surface area contributed by atoms with Gasteiger partial charge < -0.3 is 55.3 Å². The van der Waals surface area contributed by atoms with Gasteiger partial charge in [-0.15, -0.1) is 0 Å². The summed E-state index contributed by atoms with van der Waals surface area (Å²) in [5.41, 5.74) is -2.66. The van der Waals surface area contributed by atoms with Gasteiger partial charge >= 0.3 is 0 Å². The van der Waals surface area contributed by atoms with Crippen LogP contribution in [0.5, 0.6) is 0 Å². The van der Waals surface area contributed by atoms with Crippen LogP contribution in [0.2, 0.25) is 0 Å². The van der Waals surface area contributed by atoms with Crippen LogP contribution in [-0.2, 0) is 19.0 Å². The number of amides is 1. The highest BCUT2D eigenvalue weighted by molar-refractivity contribution is 5.73. The third-order valence-corrected chi connectivity index (χ3v) is 4.99. The predicted octanol–water partition coefficient (Wildman–Crippen LogP) is -5.21. The summed E-state index contributed by atoms with van der Waals surface area (Å²) >= 11 is 0. The Morgan fingerprint density at radius 2 is 1.89 bits per heavy atom. The maximum Gasteiger partial charge on any atom is 0.217 e. The van der Waals surface area contributed by atoms with E-state index in [1.165, 1.54) is 6.92 Å². The van der Waals surface area contributed by atoms with Crippen molar-refractivity contribution in [2.24, 2.45) is 0 Å². The van der Waals surface area contributed by atoms with Crippen LogP contribution in [-0.4, -0.2) is 123 Å². The Bertz CT molecular complexity index is 518. The number of rotatable bonds is 5. The fraction of sp³-hybridized carbons (Fsp3) is 0.933. The van der Waals surface area contributed by atoms with Crippen LogP contribution in [0.3, 0.4) is 0 Å². The molecule has 158 valence electrons. The summed E-state index contributed by atoms with van der Waals surface area (Å²) in [5.74, 6) is -0.471. The first-order valence-electron chi connectivity index (χ1n) is 8.40. The van der Waals surface area contributed by atoms with E-state index in [2.05, 4.69) is 5.32 Å². The maximum atomic E-state index is 11.1. The van der Waals surface area contributed by atoms with Crippen molar-refractivity contribution >= 4 is 5.91 Å². The van der Waals surface area contributed by atoms with Crippen LogP contribution in [0, 0.1) is 0 Å². The zero-order valence-electron chi connectivity index (χ0n) is 14.9. The summed E-state index contributed by atoms with van der Waals surface area (Å²) in [5, 5.41) is 73.9. The minimum absolute atomic E-state index is 0.300. The molecule has 0 aliphatic carbocycles. The van der Waals surface area contributed by atoms with Crippen LogP contribution in [0.1, 0.15) is 6.92 Å². The molecule has 10 atom stereocenters. The molecule has 1 amide bonds. The summed E-state index contributed by atoms with van der Waals surface area (Å²) in [6.45, 7) is 0.219. The molecular formula is C15H27NO11. The largest absolute Gasteiger partial charge is 0.394 e. The first kappa shape index (κ1) is 22.4. The second kappa shape index (κ2) is 8.61. The number of aliphatic hydroxyl groups is 7. The summed E-state index contributed by atoms with van der Waals surface area (Å²) in [6.07, 6.45) is -13.8. The van der Waals surface area contributed by atoms with Gasteiger partial charge in [0.15, 0.2) is 11.9 Å². The SMILES string of the molecule is CO[C@H]1O[C@H](CO)[C@@H](O)[C@H](O)[C@]1(O)C(O)[C@H]1OC[C@@H](NC(C)=O)[C@@H](O)[C@@H]1O.